The first-order valence-corrected chi connectivity index (χ1v) is 11.5. The van der Waals surface area contributed by atoms with Crippen molar-refractivity contribution in [2.45, 2.75) is 44.7 Å². The Kier molecular flexibility index (Phi) is 5.55. The minimum absolute atomic E-state index is 0.0115. The van der Waals surface area contributed by atoms with Crippen molar-refractivity contribution >= 4 is 17.5 Å². The number of benzene rings is 2. The van der Waals surface area contributed by atoms with Gasteiger partial charge in [-0.2, -0.15) is 5.10 Å². The summed E-state index contributed by atoms with van der Waals surface area (Å²) in [6.45, 7) is 2.50. The number of hydrogen-bond donors (Lipinski definition) is 1. The lowest BCUT2D eigenvalue weighted by atomic mass is 9.95. The summed E-state index contributed by atoms with van der Waals surface area (Å²) in [7, 11) is 1.64. The Morgan fingerprint density at radius 2 is 1.88 bits per heavy atom. The summed E-state index contributed by atoms with van der Waals surface area (Å²) in [5.41, 5.74) is 4.18. The third kappa shape index (κ3) is 3.43. The van der Waals surface area contributed by atoms with E-state index < -0.39 is 0 Å². The largest absolute Gasteiger partial charge is 0.493 e. The molecule has 3 aromatic rings. The Hall–Kier alpha value is -2.99. The predicted molar refractivity (Wildman–Crippen MR) is 123 cm³/mol. The number of aromatic amines is 1. The number of carbonyl (C=O) groups is 1. The molecule has 166 valence electrons. The molecule has 0 radical (unpaired) electrons. The van der Waals surface area contributed by atoms with Gasteiger partial charge in [-0.3, -0.25) is 9.89 Å². The Labute approximate surface area is 192 Å². The molecule has 1 fully saturated rings. The fourth-order valence-electron chi connectivity index (χ4n) is 5.01. The number of ether oxygens (including phenoxy) is 2. The predicted octanol–water partition coefficient (Wildman–Crippen LogP) is 5.63. The number of H-pyrrole nitrogens is 1. The van der Waals surface area contributed by atoms with Crippen LogP contribution in [0.15, 0.2) is 42.5 Å². The topological polar surface area (TPSA) is 67.5 Å². The maximum absolute atomic E-state index is 13.6. The van der Waals surface area contributed by atoms with Crippen molar-refractivity contribution in [3.8, 4) is 22.8 Å². The van der Waals surface area contributed by atoms with E-state index in [0.29, 0.717) is 28.8 Å². The van der Waals surface area contributed by atoms with Gasteiger partial charge < -0.3 is 14.4 Å². The first kappa shape index (κ1) is 20.9. The van der Waals surface area contributed by atoms with Crippen molar-refractivity contribution in [2.75, 3.05) is 13.7 Å². The van der Waals surface area contributed by atoms with Gasteiger partial charge in [0.15, 0.2) is 11.5 Å². The first-order chi connectivity index (χ1) is 15.6. The average Bonchev–Trinajstić information content (AvgIpc) is 3.53. The number of amides is 1. The third-order valence-corrected chi connectivity index (χ3v) is 6.69. The third-order valence-electron chi connectivity index (χ3n) is 6.44. The zero-order valence-corrected chi connectivity index (χ0v) is 19.0. The second kappa shape index (κ2) is 8.51. The molecule has 1 unspecified atom stereocenters. The van der Waals surface area contributed by atoms with E-state index in [1.54, 1.807) is 7.11 Å². The second-order valence-corrected chi connectivity index (χ2v) is 8.70. The molecule has 0 saturated heterocycles. The highest BCUT2D eigenvalue weighted by Crippen LogP contribution is 2.47. The van der Waals surface area contributed by atoms with Gasteiger partial charge in [0, 0.05) is 22.2 Å². The molecule has 1 N–H and O–H groups in total. The molecule has 1 aliphatic carbocycles. The fourth-order valence-corrected chi connectivity index (χ4v) is 5.13. The number of methoxy groups -OCH3 is 1. The quantitative estimate of drug-likeness (QED) is 0.527. The van der Waals surface area contributed by atoms with E-state index in [-0.39, 0.29) is 18.0 Å². The van der Waals surface area contributed by atoms with Crippen LogP contribution in [-0.4, -0.2) is 40.8 Å². The Balaban J connectivity index is 1.66. The van der Waals surface area contributed by atoms with Crippen LogP contribution in [-0.2, 0) is 0 Å². The highest BCUT2D eigenvalue weighted by Gasteiger charge is 2.45. The molecule has 2 aliphatic rings. The van der Waals surface area contributed by atoms with Crippen molar-refractivity contribution in [1.82, 2.24) is 15.1 Å². The number of rotatable bonds is 6. The van der Waals surface area contributed by atoms with Gasteiger partial charge in [0.2, 0.25) is 0 Å². The van der Waals surface area contributed by atoms with Crippen LogP contribution in [0.1, 0.15) is 60.3 Å². The van der Waals surface area contributed by atoms with Gasteiger partial charge in [-0.05, 0) is 49.6 Å². The molecule has 7 heteroatoms. The number of carbonyl (C=O) groups excluding carboxylic acids is 1. The highest BCUT2D eigenvalue weighted by molar-refractivity contribution is 6.30. The van der Waals surface area contributed by atoms with E-state index in [1.165, 1.54) is 0 Å². The monoisotopic (exact) mass is 451 g/mol. The molecule has 1 amide bonds. The number of aromatic nitrogens is 2. The van der Waals surface area contributed by atoms with Crippen molar-refractivity contribution in [2.24, 2.45) is 0 Å². The smallest absolute Gasteiger partial charge is 0.273 e. The standard InChI is InChI=1S/C25H26ClN3O3/c1-3-32-19-13-10-16(14-20(19)31-2)24-21-22(15-8-11-17(26)12-9-15)27-28-23(21)25(30)29(24)18-6-4-5-7-18/h8-14,18,24H,3-7H2,1-2H3,(H,27,28). The molecular formula is C25H26ClN3O3. The second-order valence-electron chi connectivity index (χ2n) is 8.26. The normalized spacial score (nSPS) is 18.3. The van der Waals surface area contributed by atoms with E-state index >= 15 is 0 Å². The van der Waals surface area contributed by atoms with Gasteiger partial charge >= 0.3 is 0 Å². The maximum atomic E-state index is 13.6. The summed E-state index contributed by atoms with van der Waals surface area (Å²) in [6, 6.07) is 13.5. The van der Waals surface area contributed by atoms with Gasteiger partial charge in [0.25, 0.3) is 5.91 Å². The summed E-state index contributed by atoms with van der Waals surface area (Å²) < 4.78 is 11.3. The molecule has 0 bridgehead atoms. The van der Waals surface area contributed by atoms with Crippen LogP contribution in [0.4, 0.5) is 0 Å². The highest BCUT2D eigenvalue weighted by atomic mass is 35.5. The molecule has 1 aromatic heterocycles. The molecule has 1 saturated carbocycles. The van der Waals surface area contributed by atoms with Crippen LogP contribution >= 0.6 is 11.6 Å². The van der Waals surface area contributed by atoms with Crippen molar-refractivity contribution in [1.29, 1.82) is 0 Å². The molecule has 2 aromatic carbocycles. The van der Waals surface area contributed by atoms with Crippen LogP contribution in [0.3, 0.4) is 0 Å². The summed E-state index contributed by atoms with van der Waals surface area (Å²) in [5, 5.41) is 8.24. The molecule has 1 aliphatic heterocycles. The lowest BCUT2D eigenvalue weighted by Crippen LogP contribution is -2.37. The van der Waals surface area contributed by atoms with Crippen LogP contribution < -0.4 is 9.47 Å². The molecular weight excluding hydrogens is 426 g/mol. The van der Waals surface area contributed by atoms with Crippen LogP contribution in [0.2, 0.25) is 5.02 Å². The van der Waals surface area contributed by atoms with Crippen molar-refractivity contribution < 1.29 is 14.3 Å². The summed E-state index contributed by atoms with van der Waals surface area (Å²) in [4.78, 5) is 15.6. The lowest BCUT2D eigenvalue weighted by Gasteiger charge is -2.32. The van der Waals surface area contributed by atoms with Gasteiger partial charge in [0.05, 0.1) is 25.5 Å². The van der Waals surface area contributed by atoms with E-state index in [0.717, 1.165) is 48.1 Å². The van der Waals surface area contributed by atoms with Crippen molar-refractivity contribution in [3.63, 3.8) is 0 Å². The molecule has 1 atom stereocenters. The van der Waals surface area contributed by atoms with Gasteiger partial charge in [-0.1, -0.05) is 42.6 Å². The number of hydrogen-bond acceptors (Lipinski definition) is 4. The first-order valence-electron chi connectivity index (χ1n) is 11.1. The van der Waals surface area contributed by atoms with Crippen LogP contribution in [0.25, 0.3) is 11.3 Å². The Morgan fingerprint density at radius 1 is 1.12 bits per heavy atom. The van der Waals surface area contributed by atoms with E-state index in [9.17, 15) is 4.79 Å². The number of nitrogens with one attached hydrogen (secondary N) is 1. The van der Waals surface area contributed by atoms with Gasteiger partial charge in [0.1, 0.15) is 5.69 Å². The van der Waals surface area contributed by atoms with Crippen LogP contribution in [0, 0.1) is 0 Å². The Bertz CT molecular complexity index is 1140. The van der Waals surface area contributed by atoms with Gasteiger partial charge in [-0.25, -0.2) is 0 Å². The molecule has 0 spiro atoms. The Morgan fingerprint density at radius 3 is 2.56 bits per heavy atom. The zero-order valence-electron chi connectivity index (χ0n) is 18.2. The molecule has 6 nitrogen and oxygen atoms in total. The minimum atomic E-state index is -0.241. The fraction of sp³-hybridized carbons (Fsp3) is 0.360. The zero-order chi connectivity index (χ0) is 22.2. The molecule has 2 heterocycles. The SMILES string of the molecule is CCOc1ccc(C2c3c(-c4ccc(Cl)cc4)n[nH]c3C(=O)N2C2CCCC2)cc1OC. The number of fused-ring (bicyclic) bond motifs is 1. The maximum Gasteiger partial charge on any atom is 0.273 e. The minimum Gasteiger partial charge on any atom is -0.493 e. The van der Waals surface area contributed by atoms with E-state index in [2.05, 4.69) is 10.2 Å². The number of halogens is 1. The summed E-state index contributed by atoms with van der Waals surface area (Å²) >= 11 is 6.10. The van der Waals surface area contributed by atoms with Gasteiger partial charge in [-0.15, -0.1) is 0 Å². The van der Waals surface area contributed by atoms with E-state index in [1.807, 2.05) is 54.3 Å². The van der Waals surface area contributed by atoms with E-state index in [4.69, 9.17) is 21.1 Å². The average molecular weight is 452 g/mol. The molecule has 32 heavy (non-hydrogen) atoms. The molecule has 5 rings (SSSR count). The lowest BCUT2D eigenvalue weighted by molar-refractivity contribution is 0.0660. The summed E-state index contributed by atoms with van der Waals surface area (Å²) in [5.74, 6) is 1.37. The number of nitrogens with zero attached hydrogens (tertiary/aromatic N) is 2. The summed E-state index contributed by atoms with van der Waals surface area (Å²) in [6.07, 6.45) is 4.32. The van der Waals surface area contributed by atoms with Crippen LogP contribution in [0.5, 0.6) is 11.5 Å². The van der Waals surface area contributed by atoms with Crippen molar-refractivity contribution in [3.05, 3.63) is 64.3 Å².